The van der Waals surface area contributed by atoms with Gasteiger partial charge in [-0.2, -0.15) is 0 Å². The summed E-state index contributed by atoms with van der Waals surface area (Å²) in [5, 5.41) is 0.980. The van der Waals surface area contributed by atoms with Crippen LogP contribution in [0, 0.1) is 6.92 Å². The molecule has 0 aliphatic heterocycles. The molecule has 0 radical (unpaired) electrons. The summed E-state index contributed by atoms with van der Waals surface area (Å²) < 4.78 is 4.96. The summed E-state index contributed by atoms with van der Waals surface area (Å²) in [6.45, 7) is 3.39. The van der Waals surface area contributed by atoms with Crippen LogP contribution >= 0.6 is 0 Å². The molecule has 0 amide bonds. The fourth-order valence-electron chi connectivity index (χ4n) is 1.45. The highest BCUT2D eigenvalue weighted by molar-refractivity contribution is 5.81. The number of ether oxygens (including phenoxy) is 1. The quantitative estimate of drug-likeness (QED) is 0.665. The summed E-state index contributed by atoms with van der Waals surface area (Å²) in [6.07, 6.45) is 1.55. The van der Waals surface area contributed by atoms with E-state index < -0.39 is 0 Å². The summed E-state index contributed by atoms with van der Waals surface area (Å²) in [4.78, 5) is 15.0. The number of hydrogen-bond donors (Lipinski definition) is 0. The lowest BCUT2D eigenvalue weighted by Crippen LogP contribution is -2.01. The molecule has 0 spiro atoms. The number of carbonyl (C=O) groups is 1. The third-order valence-electron chi connectivity index (χ3n) is 2.07. The van der Waals surface area contributed by atoms with Gasteiger partial charge in [0, 0.05) is 12.3 Å². The van der Waals surface area contributed by atoms with Crippen LogP contribution in [0.5, 0.6) is 5.75 Å². The minimum atomic E-state index is -0.330. The molecule has 1 aromatic carbocycles. The van der Waals surface area contributed by atoms with Crippen LogP contribution in [0.3, 0.4) is 0 Å². The first-order valence-corrected chi connectivity index (χ1v) is 4.70. The molecule has 0 saturated heterocycles. The highest BCUT2D eigenvalue weighted by Gasteiger charge is 2.01. The van der Waals surface area contributed by atoms with Crippen LogP contribution in [-0.2, 0) is 4.79 Å². The molecule has 3 heteroatoms. The fraction of sp³-hybridized carbons (Fsp3) is 0.167. The van der Waals surface area contributed by atoms with Crippen LogP contribution in [-0.4, -0.2) is 11.0 Å². The van der Waals surface area contributed by atoms with E-state index in [-0.39, 0.29) is 5.97 Å². The topological polar surface area (TPSA) is 39.2 Å². The van der Waals surface area contributed by atoms with Crippen LogP contribution in [0.25, 0.3) is 10.9 Å². The van der Waals surface area contributed by atoms with Crippen LogP contribution in [0.4, 0.5) is 0 Å². The zero-order chi connectivity index (χ0) is 10.8. The van der Waals surface area contributed by atoms with Gasteiger partial charge in [-0.3, -0.25) is 9.78 Å². The maximum atomic E-state index is 10.8. The standard InChI is InChI=1S/C12H11NO2/c1-8-3-4-12-10(5-8)6-11(7-13-12)15-9(2)14/h3-7H,1-2H3. The molecule has 0 aliphatic rings. The molecule has 0 unspecified atom stereocenters. The van der Waals surface area contributed by atoms with E-state index in [9.17, 15) is 4.79 Å². The number of nitrogens with zero attached hydrogens (tertiary/aromatic N) is 1. The first kappa shape index (κ1) is 9.65. The van der Waals surface area contributed by atoms with E-state index in [0.717, 1.165) is 16.5 Å². The summed E-state index contributed by atoms with van der Waals surface area (Å²) >= 11 is 0. The van der Waals surface area contributed by atoms with E-state index in [1.54, 1.807) is 6.20 Å². The highest BCUT2D eigenvalue weighted by atomic mass is 16.5. The minimum Gasteiger partial charge on any atom is -0.425 e. The Kier molecular flexibility index (Phi) is 2.37. The van der Waals surface area contributed by atoms with Crippen LogP contribution in [0.1, 0.15) is 12.5 Å². The predicted octanol–water partition coefficient (Wildman–Crippen LogP) is 2.47. The molecule has 2 aromatic rings. The molecule has 0 bridgehead atoms. The second-order valence-electron chi connectivity index (χ2n) is 3.46. The summed E-state index contributed by atoms with van der Waals surface area (Å²) in [5.74, 6) is 0.157. The Bertz CT molecular complexity index is 520. The van der Waals surface area contributed by atoms with Gasteiger partial charge in [0.25, 0.3) is 0 Å². The zero-order valence-electron chi connectivity index (χ0n) is 8.65. The van der Waals surface area contributed by atoms with Gasteiger partial charge < -0.3 is 4.74 Å². The van der Waals surface area contributed by atoms with Crippen molar-refractivity contribution in [2.75, 3.05) is 0 Å². The highest BCUT2D eigenvalue weighted by Crippen LogP contribution is 2.19. The summed E-state index contributed by atoms with van der Waals surface area (Å²) in [5.41, 5.74) is 2.06. The van der Waals surface area contributed by atoms with Crippen molar-refractivity contribution in [3.8, 4) is 5.75 Å². The Morgan fingerprint density at radius 1 is 1.33 bits per heavy atom. The molecule has 0 fully saturated rings. The molecule has 0 saturated carbocycles. The van der Waals surface area contributed by atoms with Crippen LogP contribution in [0.15, 0.2) is 30.5 Å². The Morgan fingerprint density at radius 3 is 2.87 bits per heavy atom. The van der Waals surface area contributed by atoms with Crippen LogP contribution in [0.2, 0.25) is 0 Å². The van der Waals surface area contributed by atoms with E-state index in [2.05, 4.69) is 4.98 Å². The van der Waals surface area contributed by atoms with Crippen molar-refractivity contribution in [1.82, 2.24) is 4.98 Å². The number of esters is 1. The molecule has 0 atom stereocenters. The number of pyridine rings is 1. The molecular formula is C12H11NO2. The monoisotopic (exact) mass is 201 g/mol. The third kappa shape index (κ3) is 2.13. The first-order chi connectivity index (χ1) is 7.15. The number of fused-ring (bicyclic) bond motifs is 1. The van der Waals surface area contributed by atoms with Crippen molar-refractivity contribution in [1.29, 1.82) is 0 Å². The fourth-order valence-corrected chi connectivity index (χ4v) is 1.45. The predicted molar refractivity (Wildman–Crippen MR) is 57.8 cm³/mol. The number of aryl methyl sites for hydroxylation is 1. The average Bonchev–Trinajstić information content (AvgIpc) is 2.16. The molecule has 0 aliphatic carbocycles. The Balaban J connectivity index is 2.49. The summed E-state index contributed by atoms with van der Waals surface area (Å²) in [6, 6.07) is 7.77. The Labute approximate surface area is 87.7 Å². The lowest BCUT2D eigenvalue weighted by Gasteiger charge is -2.03. The Morgan fingerprint density at radius 2 is 2.13 bits per heavy atom. The zero-order valence-corrected chi connectivity index (χ0v) is 8.65. The van der Waals surface area contributed by atoms with Gasteiger partial charge in [0.15, 0.2) is 0 Å². The maximum absolute atomic E-state index is 10.8. The van der Waals surface area contributed by atoms with E-state index in [0.29, 0.717) is 5.75 Å². The normalized spacial score (nSPS) is 10.3. The van der Waals surface area contributed by atoms with Gasteiger partial charge in [-0.25, -0.2) is 0 Å². The number of benzene rings is 1. The second-order valence-corrected chi connectivity index (χ2v) is 3.46. The van der Waals surface area contributed by atoms with E-state index in [4.69, 9.17) is 4.74 Å². The SMILES string of the molecule is CC(=O)Oc1cnc2ccc(C)cc2c1. The number of hydrogen-bond acceptors (Lipinski definition) is 3. The van der Waals surface area contributed by atoms with E-state index in [1.807, 2.05) is 31.2 Å². The van der Waals surface area contributed by atoms with E-state index in [1.165, 1.54) is 6.92 Å². The first-order valence-electron chi connectivity index (χ1n) is 4.70. The van der Waals surface area contributed by atoms with Crippen molar-refractivity contribution in [3.63, 3.8) is 0 Å². The van der Waals surface area contributed by atoms with Gasteiger partial charge in [0.05, 0.1) is 11.7 Å². The van der Waals surface area contributed by atoms with Gasteiger partial charge in [-0.15, -0.1) is 0 Å². The van der Waals surface area contributed by atoms with Crippen molar-refractivity contribution in [2.24, 2.45) is 0 Å². The van der Waals surface area contributed by atoms with Crippen molar-refractivity contribution >= 4 is 16.9 Å². The number of carbonyl (C=O) groups excluding carboxylic acids is 1. The molecule has 0 N–H and O–H groups in total. The summed E-state index contributed by atoms with van der Waals surface area (Å²) in [7, 11) is 0. The molecular weight excluding hydrogens is 190 g/mol. The molecule has 2 rings (SSSR count). The van der Waals surface area contributed by atoms with Gasteiger partial charge >= 0.3 is 5.97 Å². The molecule has 15 heavy (non-hydrogen) atoms. The largest absolute Gasteiger partial charge is 0.425 e. The van der Waals surface area contributed by atoms with Gasteiger partial charge in [0.1, 0.15) is 5.75 Å². The third-order valence-corrected chi connectivity index (χ3v) is 2.07. The van der Waals surface area contributed by atoms with Gasteiger partial charge in [0.2, 0.25) is 0 Å². The van der Waals surface area contributed by atoms with E-state index >= 15 is 0 Å². The minimum absolute atomic E-state index is 0.330. The second kappa shape index (κ2) is 3.69. The van der Waals surface area contributed by atoms with Crippen molar-refractivity contribution in [2.45, 2.75) is 13.8 Å². The van der Waals surface area contributed by atoms with Gasteiger partial charge in [-0.1, -0.05) is 11.6 Å². The van der Waals surface area contributed by atoms with Crippen molar-refractivity contribution < 1.29 is 9.53 Å². The number of aromatic nitrogens is 1. The molecule has 1 heterocycles. The van der Waals surface area contributed by atoms with Gasteiger partial charge in [-0.05, 0) is 25.1 Å². The average molecular weight is 201 g/mol. The molecule has 3 nitrogen and oxygen atoms in total. The maximum Gasteiger partial charge on any atom is 0.308 e. The van der Waals surface area contributed by atoms with Crippen LogP contribution < -0.4 is 4.74 Å². The smallest absolute Gasteiger partial charge is 0.308 e. The molecule has 76 valence electrons. The van der Waals surface area contributed by atoms with Crippen molar-refractivity contribution in [3.05, 3.63) is 36.0 Å². The lowest BCUT2D eigenvalue weighted by molar-refractivity contribution is -0.131. The Hall–Kier alpha value is -1.90. The number of rotatable bonds is 1. The lowest BCUT2D eigenvalue weighted by atomic mass is 10.1. The molecule has 1 aromatic heterocycles.